The number of carbonyl (C=O) groups is 1. The predicted molar refractivity (Wildman–Crippen MR) is 76.9 cm³/mol. The zero-order chi connectivity index (χ0) is 13.7. The first-order valence-electron chi connectivity index (χ1n) is 5.74. The number of halogens is 1. The number of para-hydroxylation sites is 1. The van der Waals surface area contributed by atoms with Crippen LogP contribution in [0.2, 0.25) is 0 Å². The van der Waals surface area contributed by atoms with Gasteiger partial charge in [-0.15, -0.1) is 0 Å². The van der Waals surface area contributed by atoms with Crippen LogP contribution in [-0.4, -0.2) is 13.4 Å². The lowest BCUT2D eigenvalue weighted by atomic mass is 10.2. The first-order valence-corrected chi connectivity index (χ1v) is 6.54. The summed E-state index contributed by atoms with van der Waals surface area (Å²) in [4.78, 5) is 11.0. The van der Waals surface area contributed by atoms with Crippen LogP contribution in [-0.2, 0) is 6.61 Å². The topological polar surface area (TPSA) is 35.5 Å². The van der Waals surface area contributed by atoms with Crippen molar-refractivity contribution >= 4 is 22.2 Å². The van der Waals surface area contributed by atoms with Crippen LogP contribution in [0.25, 0.3) is 0 Å². The molecule has 0 amide bonds. The molecule has 2 aromatic rings. The molecule has 3 nitrogen and oxygen atoms in total. The molecule has 2 rings (SSSR count). The molecule has 0 unspecified atom stereocenters. The Morgan fingerprint density at radius 1 is 1.16 bits per heavy atom. The third kappa shape index (κ3) is 3.15. The Morgan fingerprint density at radius 3 is 2.63 bits per heavy atom. The first-order chi connectivity index (χ1) is 9.26. The van der Waals surface area contributed by atoms with Crippen LogP contribution < -0.4 is 9.47 Å². The summed E-state index contributed by atoms with van der Waals surface area (Å²) in [7, 11) is 1.55. The maximum absolute atomic E-state index is 11.0. The molecule has 0 radical (unpaired) electrons. The molecule has 0 aromatic heterocycles. The third-order valence-corrected chi connectivity index (χ3v) is 3.46. The lowest BCUT2D eigenvalue weighted by Gasteiger charge is -2.13. The Morgan fingerprint density at radius 2 is 1.95 bits per heavy atom. The highest BCUT2D eigenvalue weighted by Crippen LogP contribution is 2.31. The maximum atomic E-state index is 11.0. The summed E-state index contributed by atoms with van der Waals surface area (Å²) in [5, 5.41) is 0. The molecule has 0 saturated heterocycles. The zero-order valence-electron chi connectivity index (χ0n) is 10.4. The fourth-order valence-corrected chi connectivity index (χ4v) is 2.11. The Hall–Kier alpha value is -1.81. The van der Waals surface area contributed by atoms with Crippen LogP contribution in [0.4, 0.5) is 0 Å². The van der Waals surface area contributed by atoms with E-state index in [0.29, 0.717) is 23.7 Å². The van der Waals surface area contributed by atoms with Crippen LogP contribution in [0.15, 0.2) is 46.9 Å². The minimum absolute atomic E-state index is 0.364. The summed E-state index contributed by atoms with van der Waals surface area (Å²) in [6, 6.07) is 13.0. The molecule has 0 spiro atoms. The van der Waals surface area contributed by atoms with Crippen LogP contribution in [0.1, 0.15) is 15.9 Å². The van der Waals surface area contributed by atoms with Gasteiger partial charge in [-0.2, -0.15) is 0 Å². The van der Waals surface area contributed by atoms with E-state index < -0.39 is 0 Å². The molecule has 0 N–H and O–H groups in total. The molecule has 0 fully saturated rings. The predicted octanol–water partition coefficient (Wildman–Crippen LogP) is 3.85. The highest BCUT2D eigenvalue weighted by molar-refractivity contribution is 9.10. The number of hydrogen-bond acceptors (Lipinski definition) is 3. The molecule has 0 saturated carbocycles. The number of aldehydes is 1. The quantitative estimate of drug-likeness (QED) is 0.785. The fourth-order valence-electron chi connectivity index (χ4n) is 1.71. The monoisotopic (exact) mass is 320 g/mol. The fraction of sp³-hybridized carbons (Fsp3) is 0.133. The molecular formula is C15H13BrO3. The summed E-state index contributed by atoms with van der Waals surface area (Å²) in [6.45, 7) is 0.364. The third-order valence-electron chi connectivity index (χ3n) is 2.69. The highest BCUT2D eigenvalue weighted by atomic mass is 79.9. The van der Waals surface area contributed by atoms with Crippen molar-refractivity contribution in [2.75, 3.05) is 7.11 Å². The van der Waals surface area contributed by atoms with E-state index in [1.165, 1.54) is 0 Å². The van der Waals surface area contributed by atoms with Gasteiger partial charge in [-0.25, -0.2) is 0 Å². The summed E-state index contributed by atoms with van der Waals surface area (Å²) in [5.74, 6) is 1.02. The van der Waals surface area contributed by atoms with Crippen molar-refractivity contribution in [2.45, 2.75) is 6.61 Å². The number of benzene rings is 2. The van der Waals surface area contributed by atoms with Gasteiger partial charge in [0, 0.05) is 10.0 Å². The van der Waals surface area contributed by atoms with E-state index in [4.69, 9.17) is 9.47 Å². The molecule has 0 aliphatic heterocycles. The minimum atomic E-state index is 0.364. The first kappa shape index (κ1) is 13.6. The average Bonchev–Trinajstić information content (AvgIpc) is 2.46. The van der Waals surface area contributed by atoms with Crippen molar-refractivity contribution in [2.24, 2.45) is 0 Å². The van der Waals surface area contributed by atoms with Gasteiger partial charge >= 0.3 is 0 Å². The molecule has 0 bridgehead atoms. The molecule has 4 heteroatoms. The smallest absolute Gasteiger partial charge is 0.172 e. The van der Waals surface area contributed by atoms with Crippen molar-refractivity contribution in [1.29, 1.82) is 0 Å². The molecular weight excluding hydrogens is 308 g/mol. The maximum Gasteiger partial charge on any atom is 0.172 e. The number of carbonyl (C=O) groups excluding carboxylic acids is 1. The van der Waals surface area contributed by atoms with Gasteiger partial charge in [0.2, 0.25) is 0 Å². The second-order valence-corrected chi connectivity index (χ2v) is 4.73. The van der Waals surface area contributed by atoms with Crippen LogP contribution >= 0.6 is 15.9 Å². The van der Waals surface area contributed by atoms with Gasteiger partial charge in [-0.3, -0.25) is 4.79 Å². The standard InChI is InChI=1S/C15H13BrO3/c1-18-14-8-4-6-11(9-17)15(14)19-10-12-5-2-3-7-13(12)16/h2-9H,10H2,1H3. The largest absolute Gasteiger partial charge is 0.493 e. The lowest BCUT2D eigenvalue weighted by molar-refractivity contribution is 0.111. The molecule has 0 atom stereocenters. The molecule has 2 aromatic carbocycles. The van der Waals surface area contributed by atoms with E-state index in [1.54, 1.807) is 25.3 Å². The van der Waals surface area contributed by atoms with Crippen molar-refractivity contribution in [3.05, 3.63) is 58.1 Å². The van der Waals surface area contributed by atoms with Gasteiger partial charge in [0.15, 0.2) is 17.8 Å². The van der Waals surface area contributed by atoms with E-state index in [2.05, 4.69) is 15.9 Å². The Labute approximate surface area is 120 Å². The van der Waals surface area contributed by atoms with Gasteiger partial charge in [-0.05, 0) is 18.2 Å². The van der Waals surface area contributed by atoms with Gasteiger partial charge in [-0.1, -0.05) is 40.2 Å². The van der Waals surface area contributed by atoms with Gasteiger partial charge < -0.3 is 9.47 Å². The average molecular weight is 321 g/mol. The van der Waals surface area contributed by atoms with E-state index in [-0.39, 0.29) is 0 Å². The normalized spacial score (nSPS) is 10.0. The van der Waals surface area contributed by atoms with Crippen molar-refractivity contribution in [1.82, 2.24) is 0 Å². The SMILES string of the molecule is COc1cccc(C=O)c1OCc1ccccc1Br. The lowest BCUT2D eigenvalue weighted by Crippen LogP contribution is -2.01. The Balaban J connectivity index is 2.24. The summed E-state index contributed by atoms with van der Waals surface area (Å²) >= 11 is 3.46. The van der Waals surface area contributed by atoms with Crippen molar-refractivity contribution < 1.29 is 14.3 Å². The van der Waals surface area contributed by atoms with E-state index in [9.17, 15) is 4.79 Å². The van der Waals surface area contributed by atoms with Crippen LogP contribution in [0.3, 0.4) is 0 Å². The van der Waals surface area contributed by atoms with Gasteiger partial charge in [0.25, 0.3) is 0 Å². The van der Waals surface area contributed by atoms with E-state index in [1.807, 2.05) is 24.3 Å². The van der Waals surface area contributed by atoms with Crippen LogP contribution in [0, 0.1) is 0 Å². The van der Waals surface area contributed by atoms with Gasteiger partial charge in [0.1, 0.15) is 6.61 Å². The number of rotatable bonds is 5. The highest BCUT2D eigenvalue weighted by Gasteiger charge is 2.10. The van der Waals surface area contributed by atoms with Crippen molar-refractivity contribution in [3.63, 3.8) is 0 Å². The zero-order valence-corrected chi connectivity index (χ0v) is 12.0. The van der Waals surface area contributed by atoms with Crippen molar-refractivity contribution in [3.8, 4) is 11.5 Å². The Bertz CT molecular complexity index is 581. The molecule has 0 aliphatic rings. The number of hydrogen-bond donors (Lipinski definition) is 0. The summed E-state index contributed by atoms with van der Waals surface area (Å²) < 4.78 is 11.9. The van der Waals surface area contributed by atoms with Crippen LogP contribution in [0.5, 0.6) is 11.5 Å². The second-order valence-electron chi connectivity index (χ2n) is 3.88. The molecule has 98 valence electrons. The summed E-state index contributed by atoms with van der Waals surface area (Å²) in [5.41, 5.74) is 1.48. The number of methoxy groups -OCH3 is 1. The Kier molecular flexibility index (Phi) is 4.58. The molecule has 0 aliphatic carbocycles. The van der Waals surface area contributed by atoms with Gasteiger partial charge in [0.05, 0.1) is 12.7 Å². The summed E-state index contributed by atoms with van der Waals surface area (Å²) in [6.07, 6.45) is 0.762. The van der Waals surface area contributed by atoms with E-state index in [0.717, 1.165) is 16.3 Å². The second kappa shape index (κ2) is 6.38. The molecule has 19 heavy (non-hydrogen) atoms. The minimum Gasteiger partial charge on any atom is -0.493 e. The molecule has 0 heterocycles. The number of ether oxygens (including phenoxy) is 2. The van der Waals surface area contributed by atoms with E-state index >= 15 is 0 Å².